The number of methoxy groups -OCH3 is 2. The highest BCUT2D eigenvalue weighted by atomic mass is 16.5. The van der Waals surface area contributed by atoms with Crippen molar-refractivity contribution in [3.63, 3.8) is 0 Å². The standard InChI is InChI=1S/C31H32N4O6/c1-40-24-12-10-23(11-13-24)35-29(38)31(28(37)32-30(35)39,15-21-6-3-4-8-26(21)41-2)19-33-16-20-14-22(18-33)25-7-5-9-27(36)34(25)17-20/h3-13,20,22H,14-19H2,1-2H3,(H,32,37,39)/t20-,22+,31-/m0/s1. The number of fused-ring (bicyclic) bond motifs is 4. The normalized spacial score (nSPS) is 24.0. The summed E-state index contributed by atoms with van der Waals surface area (Å²) in [6.45, 7) is 1.92. The number of benzene rings is 2. The zero-order valence-electron chi connectivity index (χ0n) is 23.0. The highest BCUT2D eigenvalue weighted by molar-refractivity contribution is 6.30. The zero-order valence-corrected chi connectivity index (χ0v) is 23.0. The number of rotatable bonds is 7. The summed E-state index contributed by atoms with van der Waals surface area (Å²) in [6.07, 6.45) is 0.986. The molecule has 3 aliphatic heterocycles. The smallest absolute Gasteiger partial charge is 0.335 e. The predicted molar refractivity (Wildman–Crippen MR) is 151 cm³/mol. The van der Waals surface area contributed by atoms with Crippen molar-refractivity contribution in [3.05, 3.63) is 88.3 Å². The molecule has 1 N–H and O–H groups in total. The number of aromatic nitrogens is 1. The van der Waals surface area contributed by atoms with Gasteiger partial charge in [0.25, 0.3) is 11.5 Å². The fourth-order valence-corrected chi connectivity index (χ4v) is 6.67. The van der Waals surface area contributed by atoms with Crippen molar-refractivity contribution in [2.24, 2.45) is 11.3 Å². The van der Waals surface area contributed by atoms with Crippen LogP contribution < -0.4 is 25.2 Å². The molecule has 3 atom stereocenters. The van der Waals surface area contributed by atoms with Gasteiger partial charge in [-0.3, -0.25) is 19.7 Å². The van der Waals surface area contributed by atoms with E-state index in [1.807, 2.05) is 28.8 Å². The summed E-state index contributed by atoms with van der Waals surface area (Å²) >= 11 is 0. The van der Waals surface area contributed by atoms with Crippen LogP contribution in [0.4, 0.5) is 10.5 Å². The summed E-state index contributed by atoms with van der Waals surface area (Å²) < 4.78 is 12.7. The maximum Gasteiger partial charge on any atom is 0.335 e. The molecule has 2 bridgehead atoms. The number of likely N-dealkylation sites (tertiary alicyclic amines) is 1. The molecule has 4 heterocycles. The molecule has 0 unspecified atom stereocenters. The van der Waals surface area contributed by atoms with Crippen molar-refractivity contribution < 1.29 is 23.9 Å². The molecule has 0 aliphatic carbocycles. The van der Waals surface area contributed by atoms with Crippen LogP contribution in [-0.2, 0) is 22.6 Å². The number of barbiturate groups is 1. The fraction of sp³-hybridized carbons (Fsp3) is 0.355. The van der Waals surface area contributed by atoms with E-state index in [1.54, 1.807) is 49.6 Å². The Morgan fingerprint density at radius 2 is 1.66 bits per heavy atom. The van der Waals surface area contributed by atoms with E-state index in [4.69, 9.17) is 9.47 Å². The lowest BCUT2D eigenvalue weighted by molar-refractivity contribution is -0.144. The van der Waals surface area contributed by atoms with Gasteiger partial charge < -0.3 is 18.9 Å². The van der Waals surface area contributed by atoms with Crippen LogP contribution >= 0.6 is 0 Å². The molecule has 41 heavy (non-hydrogen) atoms. The first-order valence-electron chi connectivity index (χ1n) is 13.7. The van der Waals surface area contributed by atoms with E-state index in [-0.39, 0.29) is 30.4 Å². The largest absolute Gasteiger partial charge is 0.497 e. The lowest BCUT2D eigenvalue weighted by Crippen LogP contribution is -2.68. The molecule has 6 rings (SSSR count). The third-order valence-corrected chi connectivity index (χ3v) is 8.53. The number of hydrogen-bond donors (Lipinski definition) is 1. The van der Waals surface area contributed by atoms with E-state index >= 15 is 0 Å². The van der Waals surface area contributed by atoms with E-state index < -0.39 is 23.3 Å². The third kappa shape index (κ3) is 4.67. The number of nitrogens with one attached hydrogen (secondary N) is 1. The van der Waals surface area contributed by atoms with Crippen LogP contribution in [0, 0.1) is 11.3 Å². The highest BCUT2D eigenvalue weighted by Gasteiger charge is 2.56. The van der Waals surface area contributed by atoms with Gasteiger partial charge in [0, 0.05) is 50.3 Å². The first-order chi connectivity index (χ1) is 19.8. The Kier molecular flexibility index (Phi) is 6.86. The SMILES string of the molecule is COc1ccc(N2C(=O)NC(=O)[C@](Cc3ccccc3OC)(CN3C[C@@H]4C[C@H](C3)c3cccc(=O)n3C4)C2=O)cc1. The number of ether oxygens (including phenoxy) is 2. The van der Waals surface area contributed by atoms with Crippen LogP contribution in [0.3, 0.4) is 0 Å². The Bertz CT molecular complexity index is 1570. The molecule has 2 aromatic carbocycles. The Morgan fingerprint density at radius 1 is 0.878 bits per heavy atom. The number of anilines is 1. The van der Waals surface area contributed by atoms with Gasteiger partial charge in [0.15, 0.2) is 0 Å². The molecular weight excluding hydrogens is 524 g/mol. The molecule has 0 spiro atoms. The topological polar surface area (TPSA) is 110 Å². The number of hydrogen-bond acceptors (Lipinski definition) is 7. The summed E-state index contributed by atoms with van der Waals surface area (Å²) in [7, 11) is 3.08. The van der Waals surface area contributed by atoms with Crippen molar-refractivity contribution in [2.45, 2.75) is 25.3 Å². The average molecular weight is 557 g/mol. The Labute approximate surface area is 237 Å². The minimum Gasteiger partial charge on any atom is -0.497 e. The second kappa shape index (κ2) is 10.5. The van der Waals surface area contributed by atoms with Gasteiger partial charge >= 0.3 is 6.03 Å². The van der Waals surface area contributed by atoms with Gasteiger partial charge in [-0.1, -0.05) is 24.3 Å². The maximum atomic E-state index is 14.5. The lowest BCUT2D eigenvalue weighted by atomic mass is 9.75. The van der Waals surface area contributed by atoms with Crippen molar-refractivity contribution >= 4 is 23.5 Å². The van der Waals surface area contributed by atoms with Crippen LogP contribution in [0.2, 0.25) is 0 Å². The second-order valence-corrected chi connectivity index (χ2v) is 11.1. The minimum atomic E-state index is -1.61. The Balaban J connectivity index is 1.39. The number of carbonyl (C=O) groups is 3. The van der Waals surface area contributed by atoms with Gasteiger partial charge in [0.2, 0.25) is 5.91 Å². The summed E-state index contributed by atoms with van der Waals surface area (Å²) in [5, 5.41) is 2.48. The molecule has 2 saturated heterocycles. The number of urea groups is 1. The van der Waals surface area contributed by atoms with Crippen LogP contribution in [-0.4, -0.2) is 61.2 Å². The third-order valence-electron chi connectivity index (χ3n) is 8.53. The quantitative estimate of drug-likeness (QED) is 0.446. The summed E-state index contributed by atoms with van der Waals surface area (Å²) in [4.78, 5) is 57.2. The number of amides is 4. The number of carbonyl (C=O) groups excluding carboxylic acids is 3. The van der Waals surface area contributed by atoms with E-state index in [2.05, 4.69) is 10.2 Å². The second-order valence-electron chi connectivity index (χ2n) is 11.1. The van der Waals surface area contributed by atoms with Gasteiger partial charge in [-0.15, -0.1) is 0 Å². The summed E-state index contributed by atoms with van der Waals surface area (Å²) in [5.74, 6) is 0.218. The minimum absolute atomic E-state index is 0.00576. The number of nitrogens with zero attached hydrogens (tertiary/aromatic N) is 3. The van der Waals surface area contributed by atoms with Gasteiger partial charge in [0.1, 0.15) is 16.9 Å². The van der Waals surface area contributed by atoms with Gasteiger partial charge in [-0.25, -0.2) is 9.69 Å². The van der Waals surface area contributed by atoms with E-state index in [1.165, 1.54) is 7.11 Å². The molecule has 212 valence electrons. The Hall–Kier alpha value is -4.44. The molecule has 0 saturated carbocycles. The van der Waals surface area contributed by atoms with Gasteiger partial charge in [-0.05, 0) is 54.3 Å². The number of para-hydroxylation sites is 1. The van der Waals surface area contributed by atoms with E-state index in [0.29, 0.717) is 42.4 Å². The zero-order chi connectivity index (χ0) is 28.7. The first-order valence-corrected chi connectivity index (χ1v) is 13.7. The molecule has 0 radical (unpaired) electrons. The molecule has 4 amide bonds. The Morgan fingerprint density at radius 3 is 2.41 bits per heavy atom. The van der Waals surface area contributed by atoms with Crippen molar-refractivity contribution in [1.29, 1.82) is 0 Å². The molecule has 3 aromatic rings. The van der Waals surface area contributed by atoms with Crippen LogP contribution in [0.25, 0.3) is 0 Å². The fourth-order valence-electron chi connectivity index (χ4n) is 6.67. The van der Waals surface area contributed by atoms with Crippen LogP contribution in [0.5, 0.6) is 11.5 Å². The number of piperidine rings is 1. The first kappa shape index (κ1) is 26.8. The van der Waals surface area contributed by atoms with Crippen LogP contribution in [0.1, 0.15) is 23.6 Å². The number of imide groups is 2. The molecule has 2 fully saturated rings. The van der Waals surface area contributed by atoms with Gasteiger partial charge in [-0.2, -0.15) is 0 Å². The van der Waals surface area contributed by atoms with E-state index in [9.17, 15) is 19.2 Å². The average Bonchev–Trinajstić information content (AvgIpc) is 2.97. The summed E-state index contributed by atoms with van der Waals surface area (Å²) in [5.41, 5.74) is 0.399. The molecule has 1 aromatic heterocycles. The monoisotopic (exact) mass is 556 g/mol. The van der Waals surface area contributed by atoms with Crippen molar-refractivity contribution in [3.8, 4) is 11.5 Å². The van der Waals surface area contributed by atoms with Crippen LogP contribution in [0.15, 0.2) is 71.5 Å². The summed E-state index contributed by atoms with van der Waals surface area (Å²) in [6, 6.07) is 18.4. The van der Waals surface area contributed by atoms with Crippen molar-refractivity contribution in [1.82, 2.24) is 14.8 Å². The molecule has 10 nitrogen and oxygen atoms in total. The maximum absolute atomic E-state index is 14.5. The predicted octanol–water partition coefficient (Wildman–Crippen LogP) is 2.80. The number of pyridine rings is 1. The van der Waals surface area contributed by atoms with Gasteiger partial charge in [0.05, 0.1) is 19.9 Å². The highest BCUT2D eigenvalue weighted by Crippen LogP contribution is 2.40. The molecule has 10 heteroatoms. The lowest BCUT2D eigenvalue weighted by Gasteiger charge is -2.47. The molecular formula is C31H32N4O6. The van der Waals surface area contributed by atoms with Crippen molar-refractivity contribution in [2.75, 3.05) is 38.8 Å². The van der Waals surface area contributed by atoms with E-state index in [0.717, 1.165) is 17.0 Å². The molecule has 3 aliphatic rings.